The van der Waals surface area contributed by atoms with E-state index >= 15 is 0 Å². The zero-order chi connectivity index (χ0) is 20.2. The summed E-state index contributed by atoms with van der Waals surface area (Å²) in [5.74, 6) is 1.09. The molecule has 1 aliphatic heterocycles. The predicted octanol–water partition coefficient (Wildman–Crippen LogP) is 2.37. The van der Waals surface area contributed by atoms with E-state index in [2.05, 4.69) is 10.6 Å². The molecule has 158 valence electrons. The number of nitrogens with two attached hydrogens (primary N) is 1. The summed E-state index contributed by atoms with van der Waals surface area (Å²) < 4.78 is 5.55. The topological polar surface area (TPSA) is 93.5 Å². The van der Waals surface area contributed by atoms with Gasteiger partial charge in [0.05, 0.1) is 6.10 Å². The molecule has 1 aromatic rings. The summed E-state index contributed by atoms with van der Waals surface area (Å²) in [6, 6.07) is 7.75. The highest BCUT2D eigenvalue weighted by Gasteiger charge is 2.40. The molecule has 2 bridgehead atoms. The molecule has 3 fully saturated rings. The van der Waals surface area contributed by atoms with Crippen molar-refractivity contribution in [2.24, 2.45) is 23.5 Å². The molecular weight excluding hydrogens is 366 g/mol. The van der Waals surface area contributed by atoms with E-state index < -0.39 is 0 Å². The van der Waals surface area contributed by atoms with E-state index in [1.54, 1.807) is 6.07 Å². The van der Waals surface area contributed by atoms with Crippen LogP contribution in [0.1, 0.15) is 60.9 Å². The maximum Gasteiger partial charge on any atom is 0.251 e. The van der Waals surface area contributed by atoms with Crippen LogP contribution in [0.3, 0.4) is 0 Å². The van der Waals surface area contributed by atoms with Gasteiger partial charge in [0.25, 0.3) is 5.91 Å². The van der Waals surface area contributed by atoms with Gasteiger partial charge in [-0.2, -0.15) is 0 Å². The summed E-state index contributed by atoms with van der Waals surface area (Å²) in [6.45, 7) is 1.78. The van der Waals surface area contributed by atoms with Gasteiger partial charge < -0.3 is 21.1 Å². The van der Waals surface area contributed by atoms with Crippen molar-refractivity contribution in [1.29, 1.82) is 0 Å². The lowest BCUT2D eigenvalue weighted by Crippen LogP contribution is -2.49. The molecule has 0 radical (unpaired) electrons. The van der Waals surface area contributed by atoms with Crippen LogP contribution in [0.2, 0.25) is 0 Å². The summed E-state index contributed by atoms with van der Waals surface area (Å²) >= 11 is 0. The Bertz CT molecular complexity index is 718. The molecule has 4 rings (SSSR count). The van der Waals surface area contributed by atoms with E-state index in [4.69, 9.17) is 10.5 Å². The first kappa shape index (κ1) is 20.4. The lowest BCUT2D eigenvalue weighted by molar-refractivity contribution is -0.128. The van der Waals surface area contributed by atoms with Crippen molar-refractivity contribution < 1.29 is 14.3 Å². The fourth-order valence-corrected chi connectivity index (χ4v) is 5.27. The van der Waals surface area contributed by atoms with Crippen molar-refractivity contribution in [1.82, 2.24) is 10.6 Å². The molecule has 29 heavy (non-hydrogen) atoms. The van der Waals surface area contributed by atoms with E-state index in [9.17, 15) is 9.59 Å². The van der Waals surface area contributed by atoms with Gasteiger partial charge in [-0.1, -0.05) is 18.6 Å². The van der Waals surface area contributed by atoms with Gasteiger partial charge in [0, 0.05) is 37.2 Å². The quantitative estimate of drug-likeness (QED) is 0.685. The Morgan fingerprint density at radius 2 is 1.86 bits per heavy atom. The molecule has 1 heterocycles. The molecule has 1 saturated heterocycles. The Morgan fingerprint density at radius 3 is 2.59 bits per heavy atom. The third-order valence-corrected chi connectivity index (χ3v) is 6.95. The van der Waals surface area contributed by atoms with Crippen LogP contribution in [0.4, 0.5) is 0 Å². The van der Waals surface area contributed by atoms with E-state index in [1.807, 2.05) is 18.2 Å². The second-order valence-corrected chi connectivity index (χ2v) is 8.96. The molecule has 0 spiro atoms. The van der Waals surface area contributed by atoms with Crippen molar-refractivity contribution >= 4 is 11.8 Å². The van der Waals surface area contributed by atoms with Gasteiger partial charge in [-0.15, -0.1) is 0 Å². The maximum absolute atomic E-state index is 12.7. The molecule has 0 aromatic heterocycles. The van der Waals surface area contributed by atoms with Crippen LogP contribution < -0.4 is 16.4 Å². The highest BCUT2D eigenvalue weighted by atomic mass is 16.5. The Labute approximate surface area is 172 Å². The fourth-order valence-electron chi connectivity index (χ4n) is 5.27. The van der Waals surface area contributed by atoms with Crippen molar-refractivity contribution in [2.75, 3.05) is 13.2 Å². The average Bonchev–Trinajstić information content (AvgIpc) is 3.24. The van der Waals surface area contributed by atoms with E-state index in [0.29, 0.717) is 30.5 Å². The first-order valence-electron chi connectivity index (χ1n) is 11.1. The number of hydrogen-bond acceptors (Lipinski definition) is 4. The first-order chi connectivity index (χ1) is 14.1. The molecule has 1 aromatic carbocycles. The number of carbonyl (C=O) groups excluding carboxylic acids is 2. The normalized spacial score (nSPS) is 31.3. The number of amides is 2. The van der Waals surface area contributed by atoms with Gasteiger partial charge in [-0.3, -0.25) is 9.59 Å². The molecule has 3 unspecified atom stereocenters. The van der Waals surface area contributed by atoms with Crippen molar-refractivity contribution in [3.05, 3.63) is 35.4 Å². The number of carbonyl (C=O) groups is 2. The second-order valence-electron chi connectivity index (χ2n) is 8.96. The zero-order valence-electron chi connectivity index (χ0n) is 17.1. The summed E-state index contributed by atoms with van der Waals surface area (Å²) in [6.07, 6.45) is 7.58. The monoisotopic (exact) mass is 399 g/mol. The minimum absolute atomic E-state index is 0.0722. The Balaban J connectivity index is 1.27. The number of ether oxygens (including phenoxy) is 1. The maximum atomic E-state index is 12.7. The number of fused-ring (bicyclic) bond motifs is 2. The SMILES string of the molecule is NC1C2CCCC1CC(C(=O)NCc1cccc(C(=O)NCC3CCCO3)c1)C2. The molecule has 2 saturated carbocycles. The minimum atomic E-state index is -0.0947. The fraction of sp³-hybridized carbons (Fsp3) is 0.652. The molecular formula is C23H33N3O3. The van der Waals surface area contributed by atoms with Crippen LogP contribution in [-0.4, -0.2) is 37.1 Å². The zero-order valence-corrected chi connectivity index (χ0v) is 17.1. The van der Waals surface area contributed by atoms with Gasteiger partial charge in [0.1, 0.15) is 0 Å². The van der Waals surface area contributed by atoms with E-state index in [0.717, 1.165) is 50.7 Å². The number of nitrogens with one attached hydrogen (secondary N) is 2. The van der Waals surface area contributed by atoms with Crippen LogP contribution in [-0.2, 0) is 16.1 Å². The largest absolute Gasteiger partial charge is 0.376 e. The first-order valence-corrected chi connectivity index (χ1v) is 11.1. The molecule has 3 aliphatic rings. The van der Waals surface area contributed by atoms with Gasteiger partial charge in [-0.05, 0) is 68.1 Å². The third-order valence-electron chi connectivity index (χ3n) is 6.95. The molecule has 2 aliphatic carbocycles. The van der Waals surface area contributed by atoms with Crippen molar-refractivity contribution in [3.8, 4) is 0 Å². The van der Waals surface area contributed by atoms with E-state index in [1.165, 1.54) is 6.42 Å². The number of hydrogen-bond donors (Lipinski definition) is 3. The van der Waals surface area contributed by atoms with Crippen LogP contribution in [0, 0.1) is 17.8 Å². The summed E-state index contributed by atoms with van der Waals surface area (Å²) in [7, 11) is 0. The van der Waals surface area contributed by atoms with Gasteiger partial charge in [-0.25, -0.2) is 0 Å². The molecule has 2 amide bonds. The predicted molar refractivity (Wildman–Crippen MR) is 111 cm³/mol. The standard InChI is InChI=1S/C23H33N3O3/c24-21-16-5-2-6-17(21)12-19(11-16)23(28)25-13-15-4-1-7-18(10-15)22(27)26-14-20-8-3-9-29-20/h1,4,7,10,16-17,19-21H,2-3,5-6,8-9,11-14,24H2,(H,25,28)(H,26,27). The van der Waals surface area contributed by atoms with Gasteiger partial charge in [0.2, 0.25) is 5.91 Å². The van der Waals surface area contributed by atoms with Gasteiger partial charge >= 0.3 is 0 Å². The van der Waals surface area contributed by atoms with Crippen LogP contribution in [0.25, 0.3) is 0 Å². The summed E-state index contributed by atoms with van der Waals surface area (Å²) in [5.41, 5.74) is 7.90. The van der Waals surface area contributed by atoms with E-state index in [-0.39, 0.29) is 29.9 Å². The van der Waals surface area contributed by atoms with Gasteiger partial charge in [0.15, 0.2) is 0 Å². The highest BCUT2D eigenvalue weighted by Crippen LogP contribution is 2.41. The summed E-state index contributed by atoms with van der Waals surface area (Å²) in [4.78, 5) is 25.1. The Morgan fingerprint density at radius 1 is 1.07 bits per heavy atom. The van der Waals surface area contributed by atoms with Crippen LogP contribution >= 0.6 is 0 Å². The molecule has 6 nitrogen and oxygen atoms in total. The van der Waals surface area contributed by atoms with Crippen LogP contribution in [0.15, 0.2) is 24.3 Å². The lowest BCUT2D eigenvalue weighted by Gasteiger charge is -2.43. The summed E-state index contributed by atoms with van der Waals surface area (Å²) in [5, 5.41) is 6.03. The van der Waals surface area contributed by atoms with Crippen molar-refractivity contribution in [2.45, 2.75) is 63.6 Å². The van der Waals surface area contributed by atoms with Crippen molar-refractivity contribution in [3.63, 3.8) is 0 Å². The van der Waals surface area contributed by atoms with Crippen LogP contribution in [0.5, 0.6) is 0 Å². The number of benzene rings is 1. The lowest BCUT2D eigenvalue weighted by atomic mass is 9.65. The molecule has 4 N–H and O–H groups in total. The number of rotatable bonds is 6. The smallest absolute Gasteiger partial charge is 0.251 e. The Hall–Kier alpha value is -1.92. The highest BCUT2D eigenvalue weighted by molar-refractivity contribution is 5.94. The Kier molecular flexibility index (Phi) is 6.50. The minimum Gasteiger partial charge on any atom is -0.376 e. The molecule has 3 atom stereocenters. The average molecular weight is 400 g/mol. The second kappa shape index (κ2) is 9.26. The third kappa shape index (κ3) is 4.98. The molecule has 6 heteroatoms.